The molecule has 0 atom stereocenters. The van der Waals surface area contributed by atoms with Gasteiger partial charge in [0.15, 0.2) is 5.11 Å². The van der Waals surface area contributed by atoms with Gasteiger partial charge in [-0.25, -0.2) is 4.79 Å². The Hall–Kier alpha value is -2.45. The molecule has 0 fully saturated rings. The standard InChI is InChI=1S/C17H22N2O5S/c1-3-22-11-12-24-14-7-5-13(6-8-14)18-17(25)19-15(20)9-10-16(21)23-4-2/h5-10H,3-4,11-12H2,1-2H3,(H2,18,19,20,25)/b10-9+. The molecule has 2 N–H and O–H groups in total. The van der Waals surface area contributed by atoms with E-state index in [9.17, 15) is 9.59 Å². The van der Waals surface area contributed by atoms with Crippen LogP contribution >= 0.6 is 12.2 Å². The Balaban J connectivity index is 2.38. The molecule has 0 bridgehead atoms. The van der Waals surface area contributed by atoms with Crippen LogP contribution in [0.1, 0.15) is 13.8 Å². The van der Waals surface area contributed by atoms with Crippen LogP contribution in [-0.2, 0) is 19.1 Å². The van der Waals surface area contributed by atoms with E-state index in [4.69, 9.17) is 21.7 Å². The Morgan fingerprint density at radius 2 is 1.80 bits per heavy atom. The number of hydrogen-bond acceptors (Lipinski definition) is 6. The van der Waals surface area contributed by atoms with Gasteiger partial charge in [-0.3, -0.25) is 10.1 Å². The fraction of sp³-hybridized carbons (Fsp3) is 0.353. The molecular formula is C17H22N2O5S. The summed E-state index contributed by atoms with van der Waals surface area (Å²) in [6, 6.07) is 7.09. The highest BCUT2D eigenvalue weighted by atomic mass is 32.1. The maximum absolute atomic E-state index is 11.6. The Kier molecular flexibility index (Phi) is 9.88. The van der Waals surface area contributed by atoms with E-state index in [1.165, 1.54) is 0 Å². The van der Waals surface area contributed by atoms with Crippen LogP contribution in [0.2, 0.25) is 0 Å². The van der Waals surface area contributed by atoms with Crippen LogP contribution in [0.3, 0.4) is 0 Å². The van der Waals surface area contributed by atoms with E-state index in [-0.39, 0.29) is 11.7 Å². The van der Waals surface area contributed by atoms with Crippen molar-refractivity contribution < 1.29 is 23.8 Å². The van der Waals surface area contributed by atoms with Crippen LogP contribution in [0.25, 0.3) is 0 Å². The lowest BCUT2D eigenvalue weighted by Gasteiger charge is -2.10. The fourth-order valence-corrected chi connectivity index (χ4v) is 1.87. The number of thiocarbonyl (C=S) groups is 1. The van der Waals surface area contributed by atoms with Gasteiger partial charge in [0.1, 0.15) is 12.4 Å². The van der Waals surface area contributed by atoms with E-state index < -0.39 is 11.9 Å². The van der Waals surface area contributed by atoms with Crippen LogP contribution in [0.4, 0.5) is 5.69 Å². The zero-order chi connectivity index (χ0) is 18.5. The monoisotopic (exact) mass is 366 g/mol. The summed E-state index contributed by atoms with van der Waals surface area (Å²) >= 11 is 5.03. The Labute approximate surface area is 152 Å². The third-order valence-corrected chi connectivity index (χ3v) is 2.91. The first-order valence-electron chi connectivity index (χ1n) is 7.82. The first-order chi connectivity index (χ1) is 12.0. The van der Waals surface area contributed by atoms with Gasteiger partial charge in [-0.05, 0) is 50.3 Å². The smallest absolute Gasteiger partial charge is 0.330 e. The minimum atomic E-state index is -0.587. The highest BCUT2D eigenvalue weighted by Gasteiger charge is 2.03. The van der Waals surface area contributed by atoms with Crippen molar-refractivity contribution in [2.45, 2.75) is 13.8 Å². The topological polar surface area (TPSA) is 85.9 Å². The summed E-state index contributed by atoms with van der Waals surface area (Å²) in [7, 11) is 0. The minimum absolute atomic E-state index is 0.114. The second-order valence-electron chi connectivity index (χ2n) is 4.60. The molecule has 0 aliphatic carbocycles. The SMILES string of the molecule is CCOCCOc1ccc(NC(=S)NC(=O)/C=C/C(=O)OCC)cc1. The second kappa shape index (κ2) is 12.0. The molecule has 0 aliphatic heterocycles. The first-order valence-corrected chi connectivity index (χ1v) is 8.23. The molecule has 25 heavy (non-hydrogen) atoms. The summed E-state index contributed by atoms with van der Waals surface area (Å²) in [4.78, 5) is 22.7. The maximum atomic E-state index is 11.6. The highest BCUT2D eigenvalue weighted by Crippen LogP contribution is 2.15. The number of esters is 1. The van der Waals surface area contributed by atoms with Crippen molar-refractivity contribution in [2.24, 2.45) is 0 Å². The van der Waals surface area contributed by atoms with Gasteiger partial charge in [-0.2, -0.15) is 0 Å². The summed E-state index contributed by atoms with van der Waals surface area (Å²) < 4.78 is 15.4. The van der Waals surface area contributed by atoms with Crippen molar-refractivity contribution in [3.8, 4) is 5.75 Å². The summed E-state index contributed by atoms with van der Waals surface area (Å²) in [5.41, 5.74) is 0.692. The quantitative estimate of drug-likeness (QED) is 0.299. The Bertz CT molecular complexity index is 602. The van der Waals surface area contributed by atoms with Crippen LogP contribution in [0.15, 0.2) is 36.4 Å². The van der Waals surface area contributed by atoms with Crippen LogP contribution < -0.4 is 15.4 Å². The van der Waals surface area contributed by atoms with Gasteiger partial charge in [-0.1, -0.05) is 0 Å². The normalized spacial score (nSPS) is 10.3. The van der Waals surface area contributed by atoms with E-state index in [1.807, 2.05) is 6.92 Å². The molecule has 1 rings (SSSR count). The van der Waals surface area contributed by atoms with E-state index in [0.29, 0.717) is 31.3 Å². The van der Waals surface area contributed by atoms with Gasteiger partial charge >= 0.3 is 5.97 Å². The average molecular weight is 366 g/mol. The van der Waals surface area contributed by atoms with Gasteiger partial charge in [0.25, 0.3) is 0 Å². The first kappa shape index (κ1) is 20.6. The predicted molar refractivity (Wildman–Crippen MR) is 98.6 cm³/mol. The number of benzene rings is 1. The molecule has 0 heterocycles. The highest BCUT2D eigenvalue weighted by molar-refractivity contribution is 7.80. The number of anilines is 1. The second-order valence-corrected chi connectivity index (χ2v) is 5.01. The summed E-state index contributed by atoms with van der Waals surface area (Å²) in [5, 5.41) is 5.40. The number of nitrogens with one attached hydrogen (secondary N) is 2. The molecule has 0 radical (unpaired) electrons. The summed E-state index contributed by atoms with van der Waals surface area (Å²) in [6.07, 6.45) is 2.09. The molecule has 0 saturated carbocycles. The van der Waals surface area contributed by atoms with Crippen LogP contribution in [0.5, 0.6) is 5.75 Å². The zero-order valence-corrected chi connectivity index (χ0v) is 15.1. The average Bonchev–Trinajstić information content (AvgIpc) is 2.58. The maximum Gasteiger partial charge on any atom is 0.330 e. The minimum Gasteiger partial charge on any atom is -0.491 e. The van der Waals surface area contributed by atoms with E-state index in [0.717, 1.165) is 12.2 Å². The molecule has 136 valence electrons. The molecule has 0 aliphatic rings. The molecule has 7 nitrogen and oxygen atoms in total. The lowest BCUT2D eigenvalue weighted by atomic mass is 10.3. The number of carbonyl (C=O) groups excluding carboxylic acids is 2. The molecule has 0 spiro atoms. The van der Waals surface area contributed by atoms with Crippen molar-refractivity contribution >= 4 is 34.9 Å². The molecule has 1 aromatic rings. The number of hydrogen-bond donors (Lipinski definition) is 2. The van der Waals surface area contributed by atoms with Crippen molar-refractivity contribution in [3.05, 3.63) is 36.4 Å². The molecule has 0 saturated heterocycles. The number of amides is 1. The van der Waals surface area contributed by atoms with Gasteiger partial charge in [-0.15, -0.1) is 0 Å². The van der Waals surface area contributed by atoms with Crippen LogP contribution in [0, 0.1) is 0 Å². The largest absolute Gasteiger partial charge is 0.491 e. The Morgan fingerprint density at radius 3 is 2.44 bits per heavy atom. The third-order valence-electron chi connectivity index (χ3n) is 2.71. The summed E-state index contributed by atoms with van der Waals surface area (Å²) in [5.74, 6) is -0.407. The number of carbonyl (C=O) groups is 2. The lowest BCUT2D eigenvalue weighted by molar-refractivity contribution is -0.137. The van der Waals surface area contributed by atoms with Crippen molar-refractivity contribution in [3.63, 3.8) is 0 Å². The third kappa shape index (κ3) is 9.43. The van der Waals surface area contributed by atoms with E-state index >= 15 is 0 Å². The Morgan fingerprint density at radius 1 is 1.08 bits per heavy atom. The molecule has 1 aromatic carbocycles. The molecule has 1 amide bonds. The van der Waals surface area contributed by atoms with Crippen molar-refractivity contribution in [1.82, 2.24) is 5.32 Å². The zero-order valence-electron chi connectivity index (χ0n) is 14.2. The van der Waals surface area contributed by atoms with Crippen molar-refractivity contribution in [1.29, 1.82) is 0 Å². The van der Waals surface area contributed by atoms with Gasteiger partial charge < -0.3 is 19.5 Å². The molecule has 0 aromatic heterocycles. The van der Waals surface area contributed by atoms with E-state index in [2.05, 4.69) is 15.4 Å². The summed E-state index contributed by atoms with van der Waals surface area (Å²) in [6.45, 7) is 5.52. The predicted octanol–water partition coefficient (Wildman–Crippen LogP) is 2.03. The fourth-order valence-electron chi connectivity index (χ4n) is 1.65. The molecule has 8 heteroatoms. The molecule has 0 unspecified atom stereocenters. The van der Waals surface area contributed by atoms with Crippen LogP contribution in [-0.4, -0.2) is 43.4 Å². The van der Waals surface area contributed by atoms with Gasteiger partial charge in [0.05, 0.1) is 13.2 Å². The van der Waals surface area contributed by atoms with E-state index in [1.54, 1.807) is 31.2 Å². The molecular weight excluding hydrogens is 344 g/mol. The van der Waals surface area contributed by atoms with Gasteiger partial charge in [0, 0.05) is 24.4 Å². The lowest BCUT2D eigenvalue weighted by Crippen LogP contribution is -2.32. The number of ether oxygens (including phenoxy) is 3. The van der Waals surface area contributed by atoms with Crippen molar-refractivity contribution in [2.75, 3.05) is 31.7 Å². The number of rotatable bonds is 9. The van der Waals surface area contributed by atoms with Gasteiger partial charge in [0.2, 0.25) is 5.91 Å².